The molecule has 0 spiro atoms. The number of esters is 1. The van der Waals surface area contributed by atoms with Crippen molar-refractivity contribution in [3.63, 3.8) is 0 Å². The van der Waals surface area contributed by atoms with Gasteiger partial charge in [0, 0.05) is 18.8 Å². The fraction of sp³-hybridized carbons (Fsp3) is 0.423. The Bertz CT molecular complexity index is 1010. The molecule has 34 heavy (non-hydrogen) atoms. The van der Waals surface area contributed by atoms with Crippen LogP contribution >= 0.6 is 0 Å². The highest BCUT2D eigenvalue weighted by Crippen LogP contribution is 2.29. The van der Waals surface area contributed by atoms with Crippen molar-refractivity contribution in [3.05, 3.63) is 53.1 Å². The molecule has 0 saturated carbocycles. The van der Waals surface area contributed by atoms with Gasteiger partial charge in [-0.25, -0.2) is 4.79 Å². The molecule has 1 aliphatic rings. The molecule has 0 aromatic heterocycles. The van der Waals surface area contributed by atoms with Gasteiger partial charge in [0.15, 0.2) is 24.7 Å². The Morgan fingerprint density at radius 3 is 2.26 bits per heavy atom. The molecule has 2 aromatic carbocycles. The Kier molecular flexibility index (Phi) is 8.90. The predicted molar refractivity (Wildman–Crippen MR) is 128 cm³/mol. The molecule has 1 fully saturated rings. The quantitative estimate of drug-likeness (QED) is 0.561. The van der Waals surface area contributed by atoms with Gasteiger partial charge in [-0.3, -0.25) is 9.59 Å². The number of amides is 2. The van der Waals surface area contributed by atoms with E-state index in [2.05, 4.69) is 5.32 Å². The number of piperidine rings is 1. The second-order valence-electron chi connectivity index (χ2n) is 8.33. The zero-order valence-corrected chi connectivity index (χ0v) is 20.0. The number of ether oxygens (including phenoxy) is 3. The van der Waals surface area contributed by atoms with Gasteiger partial charge >= 0.3 is 5.97 Å². The second kappa shape index (κ2) is 12.1. The van der Waals surface area contributed by atoms with Crippen LogP contribution in [-0.2, 0) is 14.3 Å². The molecule has 1 saturated heterocycles. The summed E-state index contributed by atoms with van der Waals surface area (Å²) in [6, 6.07) is 10.3. The highest BCUT2D eigenvalue weighted by molar-refractivity contribution is 5.96. The Labute approximate surface area is 200 Å². The van der Waals surface area contributed by atoms with E-state index in [0.29, 0.717) is 23.8 Å². The lowest BCUT2D eigenvalue weighted by molar-refractivity contribution is -0.134. The predicted octanol–water partition coefficient (Wildman–Crippen LogP) is 3.89. The van der Waals surface area contributed by atoms with Crippen molar-refractivity contribution in [3.8, 4) is 11.5 Å². The van der Waals surface area contributed by atoms with Gasteiger partial charge in [0.1, 0.15) is 0 Å². The molecule has 1 aliphatic heterocycles. The summed E-state index contributed by atoms with van der Waals surface area (Å²) in [5, 5.41) is 2.73. The highest BCUT2D eigenvalue weighted by atomic mass is 16.5. The minimum atomic E-state index is -0.660. The third-order valence-corrected chi connectivity index (χ3v) is 5.38. The Morgan fingerprint density at radius 1 is 0.882 bits per heavy atom. The SMILES string of the molecule is CCOc1cc(C(=O)OCC(=O)Nc2cc(C)cc(C)c2)ccc1OCC(=O)N1CCCCC1. The van der Waals surface area contributed by atoms with Gasteiger partial charge < -0.3 is 24.4 Å². The number of hydrogen-bond donors (Lipinski definition) is 1. The van der Waals surface area contributed by atoms with Crippen LogP contribution in [0.2, 0.25) is 0 Å². The van der Waals surface area contributed by atoms with Crippen LogP contribution in [0.3, 0.4) is 0 Å². The van der Waals surface area contributed by atoms with Crippen molar-refractivity contribution in [1.29, 1.82) is 0 Å². The molecule has 1 N–H and O–H groups in total. The average molecular weight is 469 g/mol. The summed E-state index contributed by atoms with van der Waals surface area (Å²) in [5.74, 6) is -0.452. The third kappa shape index (κ3) is 7.23. The van der Waals surface area contributed by atoms with E-state index in [-0.39, 0.29) is 18.1 Å². The molecule has 2 amide bonds. The van der Waals surface area contributed by atoms with Crippen LogP contribution in [0.25, 0.3) is 0 Å². The van der Waals surface area contributed by atoms with Crippen LogP contribution in [0, 0.1) is 13.8 Å². The zero-order chi connectivity index (χ0) is 24.5. The van der Waals surface area contributed by atoms with Crippen LogP contribution in [0.4, 0.5) is 5.69 Å². The molecular weight excluding hydrogens is 436 g/mol. The number of benzene rings is 2. The van der Waals surface area contributed by atoms with Crippen LogP contribution < -0.4 is 14.8 Å². The number of carbonyl (C=O) groups excluding carboxylic acids is 3. The van der Waals surface area contributed by atoms with Gasteiger partial charge in [0.25, 0.3) is 11.8 Å². The van der Waals surface area contributed by atoms with Gasteiger partial charge in [-0.15, -0.1) is 0 Å². The fourth-order valence-electron chi connectivity index (χ4n) is 3.86. The van der Waals surface area contributed by atoms with E-state index in [1.807, 2.05) is 39.0 Å². The van der Waals surface area contributed by atoms with Gasteiger partial charge in [0.2, 0.25) is 0 Å². The number of nitrogens with one attached hydrogen (secondary N) is 1. The van der Waals surface area contributed by atoms with E-state index in [0.717, 1.165) is 43.5 Å². The number of nitrogens with zero attached hydrogens (tertiary/aromatic N) is 1. The summed E-state index contributed by atoms with van der Waals surface area (Å²) >= 11 is 0. The van der Waals surface area contributed by atoms with Crippen molar-refractivity contribution in [2.75, 3.05) is 38.2 Å². The lowest BCUT2D eigenvalue weighted by atomic mass is 10.1. The summed E-state index contributed by atoms with van der Waals surface area (Å²) in [5.41, 5.74) is 2.92. The Morgan fingerprint density at radius 2 is 1.59 bits per heavy atom. The van der Waals surface area contributed by atoms with Gasteiger partial charge in [-0.2, -0.15) is 0 Å². The smallest absolute Gasteiger partial charge is 0.338 e. The van der Waals surface area contributed by atoms with Crippen molar-refractivity contribution in [2.45, 2.75) is 40.0 Å². The first-order valence-electron chi connectivity index (χ1n) is 11.6. The van der Waals surface area contributed by atoms with E-state index in [4.69, 9.17) is 14.2 Å². The topological polar surface area (TPSA) is 94.2 Å². The summed E-state index contributed by atoms with van der Waals surface area (Å²) in [7, 11) is 0. The second-order valence-corrected chi connectivity index (χ2v) is 8.33. The maximum atomic E-state index is 12.5. The van der Waals surface area contributed by atoms with Crippen molar-refractivity contribution in [2.24, 2.45) is 0 Å². The third-order valence-electron chi connectivity index (χ3n) is 5.38. The molecule has 8 heteroatoms. The van der Waals surface area contributed by atoms with Gasteiger partial charge in [0.05, 0.1) is 12.2 Å². The van der Waals surface area contributed by atoms with Crippen LogP contribution in [0.15, 0.2) is 36.4 Å². The Balaban J connectivity index is 1.56. The van der Waals surface area contributed by atoms with E-state index >= 15 is 0 Å². The normalized spacial score (nSPS) is 13.2. The summed E-state index contributed by atoms with van der Waals surface area (Å²) < 4.78 is 16.5. The first kappa shape index (κ1) is 25.1. The van der Waals surface area contributed by atoms with E-state index in [9.17, 15) is 14.4 Å². The maximum Gasteiger partial charge on any atom is 0.338 e. The minimum absolute atomic E-state index is 0.0690. The molecule has 0 bridgehead atoms. The number of likely N-dealkylation sites (tertiary alicyclic amines) is 1. The number of rotatable bonds is 9. The number of hydrogen-bond acceptors (Lipinski definition) is 6. The molecule has 0 aliphatic carbocycles. The molecule has 1 heterocycles. The first-order chi connectivity index (χ1) is 16.4. The first-order valence-corrected chi connectivity index (χ1v) is 11.6. The van der Waals surface area contributed by atoms with Crippen molar-refractivity contribution >= 4 is 23.5 Å². The summed E-state index contributed by atoms with van der Waals surface area (Å²) in [6.45, 7) is 7.04. The lowest BCUT2D eigenvalue weighted by Crippen LogP contribution is -2.38. The fourth-order valence-corrected chi connectivity index (χ4v) is 3.86. The van der Waals surface area contributed by atoms with Crippen LogP contribution in [0.1, 0.15) is 47.7 Å². The van der Waals surface area contributed by atoms with E-state index < -0.39 is 18.5 Å². The molecular formula is C26H32N2O6. The molecule has 3 rings (SSSR count). The highest BCUT2D eigenvalue weighted by Gasteiger charge is 2.19. The lowest BCUT2D eigenvalue weighted by Gasteiger charge is -2.26. The monoisotopic (exact) mass is 468 g/mol. The molecule has 0 atom stereocenters. The number of carbonyl (C=O) groups is 3. The standard InChI is InChI=1S/C26H32N2O6/c1-4-32-23-15-20(8-9-22(23)33-17-25(30)28-10-6-5-7-11-28)26(31)34-16-24(29)27-21-13-18(2)12-19(3)14-21/h8-9,12-15H,4-7,10-11,16-17H2,1-3H3,(H,27,29). The number of anilines is 1. The maximum absolute atomic E-state index is 12.5. The van der Waals surface area contributed by atoms with E-state index in [1.165, 1.54) is 12.1 Å². The van der Waals surface area contributed by atoms with Gasteiger partial charge in [-0.1, -0.05) is 6.07 Å². The summed E-state index contributed by atoms with van der Waals surface area (Å²) in [4.78, 5) is 38.9. The molecule has 182 valence electrons. The van der Waals surface area contributed by atoms with Crippen molar-refractivity contribution < 1.29 is 28.6 Å². The molecule has 2 aromatic rings. The largest absolute Gasteiger partial charge is 0.490 e. The zero-order valence-electron chi connectivity index (χ0n) is 20.0. The van der Waals surface area contributed by atoms with Gasteiger partial charge in [-0.05, 0) is 81.5 Å². The van der Waals surface area contributed by atoms with E-state index in [1.54, 1.807) is 11.0 Å². The van der Waals surface area contributed by atoms with Crippen molar-refractivity contribution in [1.82, 2.24) is 4.90 Å². The molecule has 0 radical (unpaired) electrons. The van der Waals surface area contributed by atoms with Crippen LogP contribution in [0.5, 0.6) is 11.5 Å². The Hall–Kier alpha value is -3.55. The molecule has 0 unspecified atom stereocenters. The van der Waals surface area contributed by atoms with Crippen LogP contribution in [-0.4, -0.2) is 55.6 Å². The number of aryl methyl sites for hydroxylation is 2. The summed E-state index contributed by atoms with van der Waals surface area (Å²) in [6.07, 6.45) is 3.16. The average Bonchev–Trinajstić information content (AvgIpc) is 2.81. The molecule has 8 nitrogen and oxygen atoms in total. The minimum Gasteiger partial charge on any atom is -0.490 e.